The molecule has 1 heterocycles. The van der Waals surface area contributed by atoms with Crippen molar-refractivity contribution in [3.63, 3.8) is 0 Å². The van der Waals surface area contributed by atoms with E-state index in [1.807, 2.05) is 25.1 Å². The molecular weight excluding hydrogens is 258 g/mol. The number of nitrogens with one attached hydrogen (secondary N) is 2. The number of amides is 1. The van der Waals surface area contributed by atoms with Crippen LogP contribution in [0.25, 0.3) is 0 Å². The Hall–Kier alpha value is -1.75. The summed E-state index contributed by atoms with van der Waals surface area (Å²) in [5, 5.41) is 3.39. The van der Waals surface area contributed by atoms with E-state index >= 15 is 0 Å². The lowest BCUT2D eigenvalue weighted by Crippen LogP contribution is -2.19. The molecule has 0 saturated carbocycles. The zero-order chi connectivity index (χ0) is 13.7. The van der Waals surface area contributed by atoms with Gasteiger partial charge in [0.05, 0.1) is 11.4 Å². The van der Waals surface area contributed by atoms with Crippen LogP contribution in [-0.2, 0) is 11.2 Å². The zero-order valence-corrected chi connectivity index (χ0v) is 11.9. The predicted molar refractivity (Wildman–Crippen MR) is 77.4 cm³/mol. The monoisotopic (exact) mass is 275 g/mol. The number of aromatic nitrogens is 2. The summed E-state index contributed by atoms with van der Waals surface area (Å²) in [6.07, 6.45) is 0.809. The first-order valence-electron chi connectivity index (χ1n) is 6.12. The molecule has 0 bridgehead atoms. The average molecular weight is 275 g/mol. The van der Waals surface area contributed by atoms with Crippen LogP contribution in [0.2, 0.25) is 0 Å². The lowest BCUT2D eigenvalue weighted by atomic mass is 10.1. The van der Waals surface area contributed by atoms with Gasteiger partial charge in [0.2, 0.25) is 5.91 Å². The third-order valence-corrected chi connectivity index (χ3v) is 3.67. The quantitative estimate of drug-likeness (QED) is 0.822. The molecule has 1 aromatic heterocycles. The van der Waals surface area contributed by atoms with Crippen LogP contribution < -0.4 is 5.32 Å². The Morgan fingerprint density at radius 3 is 2.79 bits per heavy atom. The number of imidazole rings is 1. The smallest absolute Gasteiger partial charge is 0.230 e. The second-order valence-electron chi connectivity index (χ2n) is 4.24. The maximum atomic E-state index is 11.2. The van der Waals surface area contributed by atoms with E-state index in [1.54, 1.807) is 7.05 Å². The number of carbonyl (C=O) groups is 1. The molecule has 5 heteroatoms. The number of hydrogen-bond donors (Lipinski definition) is 2. The lowest BCUT2D eigenvalue weighted by Gasteiger charge is -1.98. The number of aryl methyl sites for hydroxylation is 1. The van der Waals surface area contributed by atoms with Crippen molar-refractivity contribution in [2.24, 2.45) is 0 Å². The van der Waals surface area contributed by atoms with Crippen LogP contribution in [0.4, 0.5) is 0 Å². The molecule has 0 aliphatic heterocycles. The Kier molecular flexibility index (Phi) is 4.63. The van der Waals surface area contributed by atoms with Crippen LogP contribution >= 0.6 is 11.8 Å². The van der Waals surface area contributed by atoms with Gasteiger partial charge >= 0.3 is 0 Å². The van der Waals surface area contributed by atoms with Gasteiger partial charge in [0, 0.05) is 19.2 Å². The van der Waals surface area contributed by atoms with E-state index in [9.17, 15) is 4.79 Å². The number of benzene rings is 1. The molecule has 100 valence electrons. The van der Waals surface area contributed by atoms with Crippen LogP contribution in [0.5, 0.6) is 0 Å². The third kappa shape index (κ3) is 3.86. The van der Waals surface area contributed by atoms with E-state index in [-0.39, 0.29) is 5.91 Å². The standard InChI is InChI=1S/C14H17N3OS/c1-10-12(8-11-6-4-3-5-7-11)17-14(16-10)19-9-13(18)15-2/h3-7H,8-9H2,1-2H3,(H,15,18)(H,16,17). The fraction of sp³-hybridized carbons (Fsp3) is 0.286. The fourth-order valence-corrected chi connectivity index (χ4v) is 2.51. The van der Waals surface area contributed by atoms with Gasteiger partial charge in [0.25, 0.3) is 0 Å². The Morgan fingerprint density at radius 2 is 2.11 bits per heavy atom. The maximum absolute atomic E-state index is 11.2. The van der Waals surface area contributed by atoms with E-state index in [1.165, 1.54) is 17.3 Å². The molecule has 4 nitrogen and oxygen atoms in total. The van der Waals surface area contributed by atoms with E-state index in [0.29, 0.717) is 5.75 Å². The van der Waals surface area contributed by atoms with Crippen molar-refractivity contribution < 1.29 is 4.79 Å². The van der Waals surface area contributed by atoms with Gasteiger partial charge in [-0.1, -0.05) is 42.1 Å². The minimum Gasteiger partial charge on any atom is -0.358 e. The Labute approximate surface area is 117 Å². The fourth-order valence-electron chi connectivity index (χ4n) is 1.70. The first-order valence-corrected chi connectivity index (χ1v) is 7.10. The molecule has 0 aliphatic carbocycles. The van der Waals surface area contributed by atoms with Gasteiger partial charge in [-0.15, -0.1) is 0 Å². The highest BCUT2D eigenvalue weighted by Crippen LogP contribution is 2.18. The summed E-state index contributed by atoms with van der Waals surface area (Å²) < 4.78 is 0. The van der Waals surface area contributed by atoms with Crippen molar-refractivity contribution >= 4 is 17.7 Å². The number of nitrogens with zero attached hydrogens (tertiary/aromatic N) is 1. The molecule has 0 radical (unpaired) electrons. The normalized spacial score (nSPS) is 10.4. The van der Waals surface area contributed by atoms with Crippen LogP contribution in [0, 0.1) is 6.92 Å². The molecule has 0 saturated heterocycles. The van der Waals surface area contributed by atoms with Crippen molar-refractivity contribution in [1.29, 1.82) is 0 Å². The number of aromatic amines is 1. The van der Waals surface area contributed by atoms with Crippen molar-refractivity contribution in [2.45, 2.75) is 18.5 Å². The number of rotatable bonds is 5. The van der Waals surface area contributed by atoms with Crippen LogP contribution in [0.1, 0.15) is 17.0 Å². The topological polar surface area (TPSA) is 57.8 Å². The highest BCUT2D eigenvalue weighted by molar-refractivity contribution is 7.99. The molecule has 0 atom stereocenters. The highest BCUT2D eigenvalue weighted by Gasteiger charge is 2.09. The summed E-state index contributed by atoms with van der Waals surface area (Å²) in [5.41, 5.74) is 3.33. The van der Waals surface area contributed by atoms with Crippen LogP contribution in [-0.4, -0.2) is 28.7 Å². The average Bonchev–Trinajstić information content (AvgIpc) is 2.78. The van der Waals surface area contributed by atoms with Crippen molar-refractivity contribution in [2.75, 3.05) is 12.8 Å². The Bertz CT molecular complexity index is 551. The minimum atomic E-state index is 0.00339. The van der Waals surface area contributed by atoms with Gasteiger partial charge in [0.1, 0.15) is 0 Å². The molecule has 0 aliphatic rings. The molecule has 0 unspecified atom stereocenters. The summed E-state index contributed by atoms with van der Waals surface area (Å²) in [5.74, 6) is 0.387. The Morgan fingerprint density at radius 1 is 1.37 bits per heavy atom. The van der Waals surface area contributed by atoms with Gasteiger partial charge < -0.3 is 10.3 Å². The largest absolute Gasteiger partial charge is 0.358 e. The van der Waals surface area contributed by atoms with E-state index in [0.717, 1.165) is 23.0 Å². The van der Waals surface area contributed by atoms with Crippen molar-refractivity contribution in [3.05, 3.63) is 47.3 Å². The molecule has 1 amide bonds. The molecule has 2 aromatic rings. The minimum absolute atomic E-state index is 0.00339. The second-order valence-corrected chi connectivity index (χ2v) is 5.20. The number of thioether (sulfide) groups is 1. The lowest BCUT2D eigenvalue weighted by molar-refractivity contribution is -0.118. The van der Waals surface area contributed by atoms with Crippen molar-refractivity contribution in [1.82, 2.24) is 15.3 Å². The maximum Gasteiger partial charge on any atom is 0.230 e. The highest BCUT2D eigenvalue weighted by atomic mass is 32.2. The first kappa shape index (κ1) is 13.7. The summed E-state index contributed by atoms with van der Waals surface area (Å²) in [4.78, 5) is 18.9. The van der Waals surface area contributed by atoms with Crippen LogP contribution in [0.15, 0.2) is 35.5 Å². The first-order chi connectivity index (χ1) is 9.19. The molecule has 19 heavy (non-hydrogen) atoms. The number of hydrogen-bond acceptors (Lipinski definition) is 3. The molecule has 2 rings (SSSR count). The van der Waals surface area contributed by atoms with Crippen molar-refractivity contribution in [3.8, 4) is 0 Å². The number of H-pyrrole nitrogens is 1. The second kappa shape index (κ2) is 6.43. The predicted octanol–water partition coefficient (Wildman–Crippen LogP) is 2.15. The summed E-state index contributed by atoms with van der Waals surface area (Å²) in [6, 6.07) is 10.2. The summed E-state index contributed by atoms with van der Waals surface area (Å²) in [6.45, 7) is 2.01. The molecule has 0 spiro atoms. The van der Waals surface area contributed by atoms with Gasteiger partial charge in [-0.3, -0.25) is 4.79 Å². The molecule has 2 N–H and O–H groups in total. The Balaban J connectivity index is 2.02. The third-order valence-electron chi connectivity index (χ3n) is 2.80. The molecule has 0 fully saturated rings. The van der Waals surface area contributed by atoms with E-state index in [4.69, 9.17) is 0 Å². The van der Waals surface area contributed by atoms with Gasteiger partial charge in [-0.2, -0.15) is 0 Å². The molecular formula is C14H17N3OS. The number of carbonyl (C=O) groups excluding carboxylic acids is 1. The SMILES string of the molecule is CNC(=O)CSc1nc(Cc2ccccc2)c(C)[nH]1. The van der Waals surface area contributed by atoms with Gasteiger partial charge in [0.15, 0.2) is 5.16 Å². The summed E-state index contributed by atoms with van der Waals surface area (Å²) in [7, 11) is 1.64. The van der Waals surface area contributed by atoms with Gasteiger partial charge in [-0.25, -0.2) is 4.98 Å². The van der Waals surface area contributed by atoms with Crippen LogP contribution in [0.3, 0.4) is 0 Å². The molecule has 1 aromatic carbocycles. The van der Waals surface area contributed by atoms with Gasteiger partial charge in [-0.05, 0) is 12.5 Å². The summed E-state index contributed by atoms with van der Waals surface area (Å²) >= 11 is 1.42. The van der Waals surface area contributed by atoms with E-state index < -0.39 is 0 Å². The van der Waals surface area contributed by atoms with E-state index in [2.05, 4.69) is 27.4 Å². The zero-order valence-electron chi connectivity index (χ0n) is 11.1.